The fourth-order valence-corrected chi connectivity index (χ4v) is 2.55. The second kappa shape index (κ2) is 5.48. The smallest absolute Gasteiger partial charge is 0.165 e. The zero-order valence-corrected chi connectivity index (χ0v) is 11.7. The second-order valence-electron chi connectivity index (χ2n) is 4.81. The third-order valence-electron chi connectivity index (χ3n) is 3.51. The van der Waals surface area contributed by atoms with Gasteiger partial charge in [0, 0.05) is 11.9 Å². The van der Waals surface area contributed by atoms with Crippen molar-refractivity contribution in [1.29, 1.82) is 0 Å². The molecule has 108 valence electrons. The lowest BCUT2D eigenvalue weighted by Crippen LogP contribution is -2.05. The highest BCUT2D eigenvalue weighted by molar-refractivity contribution is 5.86. The average molecular weight is 285 g/mol. The number of ether oxygens (including phenoxy) is 1. The lowest BCUT2D eigenvalue weighted by molar-refractivity contribution is 0.281. The van der Waals surface area contributed by atoms with Crippen molar-refractivity contribution < 1.29 is 14.2 Å². The van der Waals surface area contributed by atoms with E-state index in [0.717, 1.165) is 16.6 Å². The Kier molecular flexibility index (Phi) is 3.52. The van der Waals surface area contributed by atoms with E-state index in [9.17, 15) is 9.50 Å². The molecule has 1 N–H and O–H groups in total. The maximum absolute atomic E-state index is 13.6. The van der Waals surface area contributed by atoms with Crippen LogP contribution in [0.2, 0.25) is 0 Å². The van der Waals surface area contributed by atoms with E-state index in [0.29, 0.717) is 6.54 Å². The number of nitrogens with zero attached hydrogens (tertiary/aromatic N) is 1. The normalized spacial score (nSPS) is 11.0. The molecule has 0 unspecified atom stereocenters. The minimum Gasteiger partial charge on any atom is -0.506 e. The zero-order valence-electron chi connectivity index (χ0n) is 11.7. The van der Waals surface area contributed by atoms with Gasteiger partial charge in [-0.1, -0.05) is 24.3 Å². The first-order valence-electron chi connectivity index (χ1n) is 6.88. The number of aromatic hydroxyl groups is 1. The van der Waals surface area contributed by atoms with E-state index >= 15 is 0 Å². The van der Waals surface area contributed by atoms with E-state index in [2.05, 4.69) is 0 Å². The Balaban J connectivity index is 1.94. The highest BCUT2D eigenvalue weighted by Crippen LogP contribution is 2.28. The number of hydrogen-bond acceptors (Lipinski definition) is 2. The molecule has 0 aliphatic heterocycles. The monoisotopic (exact) mass is 285 g/mol. The summed E-state index contributed by atoms with van der Waals surface area (Å²) in [6, 6.07) is 13.7. The predicted octanol–water partition coefficient (Wildman–Crippen LogP) is 4.08. The van der Waals surface area contributed by atoms with Crippen LogP contribution in [-0.4, -0.2) is 9.67 Å². The maximum Gasteiger partial charge on any atom is 0.165 e. The van der Waals surface area contributed by atoms with E-state index in [1.165, 1.54) is 6.07 Å². The molecular weight excluding hydrogens is 269 g/mol. The van der Waals surface area contributed by atoms with Gasteiger partial charge in [0.1, 0.15) is 12.4 Å². The number of rotatable bonds is 4. The highest BCUT2D eigenvalue weighted by Gasteiger charge is 2.12. The topological polar surface area (TPSA) is 34.4 Å². The summed E-state index contributed by atoms with van der Waals surface area (Å²) in [7, 11) is 0. The summed E-state index contributed by atoms with van der Waals surface area (Å²) < 4.78 is 21.1. The molecule has 3 nitrogen and oxygen atoms in total. The largest absolute Gasteiger partial charge is 0.506 e. The molecule has 3 rings (SSSR count). The Bertz CT molecular complexity index is 780. The predicted molar refractivity (Wildman–Crippen MR) is 80.0 cm³/mol. The van der Waals surface area contributed by atoms with Crippen molar-refractivity contribution in [2.75, 3.05) is 0 Å². The van der Waals surface area contributed by atoms with E-state index in [1.54, 1.807) is 30.3 Å². The Morgan fingerprint density at radius 1 is 1.14 bits per heavy atom. The molecule has 0 saturated carbocycles. The van der Waals surface area contributed by atoms with Crippen LogP contribution < -0.4 is 4.74 Å². The summed E-state index contributed by atoms with van der Waals surface area (Å²) in [5, 5.41) is 11.0. The fourth-order valence-electron chi connectivity index (χ4n) is 2.55. The minimum atomic E-state index is -0.375. The number of aromatic nitrogens is 1. The Morgan fingerprint density at radius 3 is 2.71 bits per heavy atom. The zero-order chi connectivity index (χ0) is 14.8. The summed E-state index contributed by atoms with van der Waals surface area (Å²) in [5.74, 6) is 0.0978. The number of phenols is 1. The Hall–Kier alpha value is -2.49. The molecule has 0 atom stereocenters. The third-order valence-corrected chi connectivity index (χ3v) is 3.51. The molecule has 0 bridgehead atoms. The van der Waals surface area contributed by atoms with Crippen molar-refractivity contribution in [3.63, 3.8) is 0 Å². The molecule has 0 amide bonds. The van der Waals surface area contributed by atoms with Crippen molar-refractivity contribution >= 4 is 10.9 Å². The van der Waals surface area contributed by atoms with Crippen molar-refractivity contribution in [3.05, 3.63) is 60.0 Å². The molecule has 0 aliphatic rings. The standard InChI is InChI=1S/C17H16FNO2/c1-2-19-13(10-12-6-5-8-15(20)17(12)19)11-21-16-9-4-3-7-14(16)18/h3-10,20H,2,11H2,1H3. The van der Waals surface area contributed by atoms with Gasteiger partial charge in [0.05, 0.1) is 11.2 Å². The van der Waals surface area contributed by atoms with Crippen LogP contribution in [0.25, 0.3) is 10.9 Å². The number of halogens is 1. The van der Waals surface area contributed by atoms with Crippen LogP contribution in [0, 0.1) is 5.82 Å². The lowest BCUT2D eigenvalue weighted by Gasteiger charge is -2.10. The van der Waals surface area contributed by atoms with Crippen LogP contribution in [0.4, 0.5) is 4.39 Å². The van der Waals surface area contributed by atoms with Gasteiger partial charge >= 0.3 is 0 Å². The molecule has 2 aromatic carbocycles. The molecular formula is C17H16FNO2. The van der Waals surface area contributed by atoms with E-state index < -0.39 is 0 Å². The highest BCUT2D eigenvalue weighted by atomic mass is 19.1. The molecule has 0 spiro atoms. The van der Waals surface area contributed by atoms with Gasteiger partial charge in [-0.25, -0.2) is 4.39 Å². The summed E-state index contributed by atoms with van der Waals surface area (Å²) in [6.07, 6.45) is 0. The van der Waals surface area contributed by atoms with Crippen LogP contribution in [0.15, 0.2) is 48.5 Å². The first-order chi connectivity index (χ1) is 10.2. The fraction of sp³-hybridized carbons (Fsp3) is 0.176. The van der Waals surface area contributed by atoms with Crippen molar-refractivity contribution in [1.82, 2.24) is 4.57 Å². The quantitative estimate of drug-likeness (QED) is 0.783. The summed E-state index contributed by atoms with van der Waals surface area (Å²) in [5.41, 5.74) is 1.68. The van der Waals surface area contributed by atoms with Gasteiger partial charge in [-0.05, 0) is 31.2 Å². The number of fused-ring (bicyclic) bond motifs is 1. The maximum atomic E-state index is 13.6. The number of aryl methyl sites for hydroxylation is 1. The minimum absolute atomic E-state index is 0.231. The second-order valence-corrected chi connectivity index (χ2v) is 4.81. The first kappa shape index (κ1) is 13.5. The van der Waals surface area contributed by atoms with Crippen LogP contribution >= 0.6 is 0 Å². The van der Waals surface area contributed by atoms with E-state index in [1.807, 2.05) is 23.6 Å². The van der Waals surface area contributed by atoms with Gasteiger partial charge in [0.25, 0.3) is 0 Å². The Labute approximate surface area is 122 Å². The van der Waals surface area contributed by atoms with E-state index in [4.69, 9.17) is 4.74 Å². The van der Waals surface area contributed by atoms with Crippen LogP contribution in [0.5, 0.6) is 11.5 Å². The summed E-state index contributed by atoms with van der Waals surface area (Å²) >= 11 is 0. The number of phenolic OH excluding ortho intramolecular Hbond substituents is 1. The molecule has 0 saturated heterocycles. The first-order valence-corrected chi connectivity index (χ1v) is 6.88. The van der Waals surface area contributed by atoms with E-state index in [-0.39, 0.29) is 23.9 Å². The summed E-state index contributed by atoms with van der Waals surface area (Å²) in [6.45, 7) is 2.96. The van der Waals surface area contributed by atoms with Gasteiger partial charge in [-0.15, -0.1) is 0 Å². The summed E-state index contributed by atoms with van der Waals surface area (Å²) in [4.78, 5) is 0. The average Bonchev–Trinajstić information content (AvgIpc) is 2.85. The van der Waals surface area contributed by atoms with Crippen LogP contribution in [0.3, 0.4) is 0 Å². The van der Waals surface area contributed by atoms with Crippen molar-refractivity contribution in [2.45, 2.75) is 20.1 Å². The lowest BCUT2D eigenvalue weighted by atomic mass is 10.2. The third kappa shape index (κ3) is 2.44. The molecule has 3 aromatic rings. The van der Waals surface area contributed by atoms with Gasteiger partial charge in [-0.2, -0.15) is 0 Å². The van der Waals surface area contributed by atoms with Crippen LogP contribution in [-0.2, 0) is 13.2 Å². The van der Waals surface area contributed by atoms with Gasteiger partial charge in [0.2, 0.25) is 0 Å². The van der Waals surface area contributed by atoms with Gasteiger partial charge in [0.15, 0.2) is 11.6 Å². The van der Waals surface area contributed by atoms with Crippen molar-refractivity contribution in [2.24, 2.45) is 0 Å². The molecule has 1 aromatic heterocycles. The number of hydrogen-bond donors (Lipinski definition) is 1. The molecule has 1 heterocycles. The molecule has 21 heavy (non-hydrogen) atoms. The molecule has 0 radical (unpaired) electrons. The molecule has 0 aliphatic carbocycles. The van der Waals surface area contributed by atoms with Gasteiger partial charge in [-0.3, -0.25) is 0 Å². The van der Waals surface area contributed by atoms with Crippen LogP contribution in [0.1, 0.15) is 12.6 Å². The molecule has 0 fully saturated rings. The SMILES string of the molecule is CCn1c(COc2ccccc2F)cc2cccc(O)c21. The number of benzene rings is 2. The Morgan fingerprint density at radius 2 is 1.95 bits per heavy atom. The van der Waals surface area contributed by atoms with Crippen molar-refractivity contribution in [3.8, 4) is 11.5 Å². The van der Waals surface area contributed by atoms with Gasteiger partial charge < -0.3 is 14.4 Å². The number of para-hydroxylation sites is 2. The molecule has 4 heteroatoms.